The van der Waals surface area contributed by atoms with Gasteiger partial charge in [0, 0.05) is 5.75 Å². The van der Waals surface area contributed by atoms with Crippen LogP contribution in [0.15, 0.2) is 0 Å². The molecule has 0 aromatic carbocycles. The van der Waals surface area contributed by atoms with Gasteiger partial charge in [0.2, 0.25) is 0 Å². The maximum absolute atomic E-state index is 10.0. The zero-order chi connectivity index (χ0) is 8.04. The van der Waals surface area contributed by atoms with E-state index in [9.17, 15) is 13.0 Å². The van der Waals surface area contributed by atoms with E-state index < -0.39 is 10.1 Å². The van der Waals surface area contributed by atoms with Crippen molar-refractivity contribution in [2.45, 2.75) is 12.8 Å². The van der Waals surface area contributed by atoms with E-state index in [1.165, 1.54) is 0 Å². The molecular weight excluding hydrogens is 177 g/mol. The summed E-state index contributed by atoms with van der Waals surface area (Å²) < 4.78 is 30.1. The van der Waals surface area contributed by atoms with Crippen molar-refractivity contribution in [3.05, 3.63) is 0 Å². The fraction of sp³-hybridized carbons (Fsp3) is 1.00. The molecule has 62 valence electrons. The predicted molar refractivity (Wildman–Crippen MR) is 37.7 cm³/mol. The van der Waals surface area contributed by atoms with Crippen molar-refractivity contribution in [1.29, 1.82) is 0 Å². The normalized spacial score (nSPS) is 10.7. The molecule has 6 heteroatoms. The topological polar surface area (TPSA) is 69.2 Å². The van der Waals surface area contributed by atoms with Crippen molar-refractivity contribution in [1.82, 2.24) is 5.32 Å². The maximum Gasteiger partial charge on any atom is 1.00 e. The van der Waals surface area contributed by atoms with Gasteiger partial charge in [-0.1, -0.05) is 0 Å². The third-order valence-corrected chi connectivity index (χ3v) is 1.86. The quantitative estimate of drug-likeness (QED) is 0.277. The Morgan fingerprint density at radius 1 is 1.36 bits per heavy atom. The second-order valence-corrected chi connectivity index (χ2v) is 3.60. The Bertz CT molecular complexity index is 169. The van der Waals surface area contributed by atoms with Crippen LogP contribution in [0.25, 0.3) is 0 Å². The summed E-state index contributed by atoms with van der Waals surface area (Å²) in [6.45, 7) is 0.759. The molecule has 11 heavy (non-hydrogen) atoms. The van der Waals surface area contributed by atoms with E-state index in [4.69, 9.17) is 0 Å². The average Bonchev–Trinajstić information content (AvgIpc) is 1.78. The van der Waals surface area contributed by atoms with Crippen molar-refractivity contribution in [2.75, 3.05) is 19.3 Å². The maximum atomic E-state index is 10.0. The van der Waals surface area contributed by atoms with Crippen LogP contribution in [0.2, 0.25) is 0 Å². The molecule has 4 nitrogen and oxygen atoms in total. The van der Waals surface area contributed by atoms with Crippen LogP contribution in [0.4, 0.5) is 0 Å². The summed E-state index contributed by atoms with van der Waals surface area (Å²) in [7, 11) is -2.20. The van der Waals surface area contributed by atoms with Crippen LogP contribution in [-0.2, 0) is 10.1 Å². The largest absolute Gasteiger partial charge is 1.00 e. The second-order valence-electron chi connectivity index (χ2n) is 2.07. The van der Waals surface area contributed by atoms with Crippen LogP contribution in [-0.4, -0.2) is 32.3 Å². The fourth-order valence-electron chi connectivity index (χ4n) is 0.581. The van der Waals surface area contributed by atoms with E-state index in [-0.39, 0.29) is 35.3 Å². The molecule has 0 aliphatic heterocycles. The minimum atomic E-state index is -3.98. The molecule has 0 saturated heterocycles. The second kappa shape index (κ2) is 7.52. The zero-order valence-corrected chi connectivity index (χ0v) is 9.78. The van der Waals surface area contributed by atoms with Crippen LogP contribution in [0, 0.1) is 0 Å². The number of unbranched alkanes of at least 4 members (excludes halogenated alkanes) is 1. The summed E-state index contributed by atoms with van der Waals surface area (Å²) >= 11 is 0. The van der Waals surface area contributed by atoms with Gasteiger partial charge in [-0.3, -0.25) is 0 Å². The molecule has 0 spiro atoms. The van der Waals surface area contributed by atoms with Gasteiger partial charge >= 0.3 is 29.6 Å². The molecule has 0 rings (SSSR count). The van der Waals surface area contributed by atoms with Gasteiger partial charge in [0.15, 0.2) is 0 Å². The zero-order valence-electron chi connectivity index (χ0n) is 6.96. The molecule has 0 aliphatic carbocycles. The van der Waals surface area contributed by atoms with Gasteiger partial charge in [0.25, 0.3) is 0 Å². The van der Waals surface area contributed by atoms with E-state index in [1.54, 1.807) is 7.05 Å². The van der Waals surface area contributed by atoms with Crippen molar-refractivity contribution < 1.29 is 42.5 Å². The Morgan fingerprint density at radius 2 is 1.91 bits per heavy atom. The first-order valence-electron chi connectivity index (χ1n) is 3.14. The van der Waals surface area contributed by atoms with Crippen molar-refractivity contribution in [3.8, 4) is 0 Å². The number of hydrogen-bond donors (Lipinski definition) is 1. The molecule has 0 amide bonds. The van der Waals surface area contributed by atoms with Crippen LogP contribution in [0.1, 0.15) is 12.8 Å². The smallest absolute Gasteiger partial charge is 0.748 e. The van der Waals surface area contributed by atoms with Gasteiger partial charge in [0.1, 0.15) is 0 Å². The first-order valence-corrected chi connectivity index (χ1v) is 4.72. The summed E-state index contributed by atoms with van der Waals surface area (Å²) in [4.78, 5) is 0. The molecule has 0 atom stereocenters. The standard InChI is InChI=1S/C5H13NO3S.Na/c1-6-4-2-3-5-10(7,8)9;/h6H,2-5H2,1H3,(H,7,8,9);/q;+1/p-1. The molecule has 0 aliphatic rings. The van der Waals surface area contributed by atoms with Crippen molar-refractivity contribution in [3.63, 3.8) is 0 Å². The molecular formula is C5H12NNaO3S. The Kier molecular flexibility index (Phi) is 9.84. The van der Waals surface area contributed by atoms with E-state index in [0.29, 0.717) is 6.42 Å². The van der Waals surface area contributed by atoms with Crippen LogP contribution < -0.4 is 34.9 Å². The summed E-state index contributed by atoms with van der Waals surface area (Å²) in [5.41, 5.74) is 0. The van der Waals surface area contributed by atoms with E-state index >= 15 is 0 Å². The van der Waals surface area contributed by atoms with Gasteiger partial charge in [-0.25, -0.2) is 8.42 Å². The Morgan fingerprint density at radius 3 is 2.27 bits per heavy atom. The van der Waals surface area contributed by atoms with Gasteiger partial charge in [0.05, 0.1) is 10.1 Å². The van der Waals surface area contributed by atoms with Gasteiger partial charge in [-0.05, 0) is 26.4 Å². The molecule has 1 N–H and O–H groups in total. The molecule has 0 radical (unpaired) electrons. The summed E-state index contributed by atoms with van der Waals surface area (Å²) in [6.07, 6.45) is 1.19. The molecule has 0 aromatic heterocycles. The van der Waals surface area contributed by atoms with E-state index in [2.05, 4.69) is 5.32 Å². The summed E-state index contributed by atoms with van der Waals surface area (Å²) in [6, 6.07) is 0. The van der Waals surface area contributed by atoms with Crippen LogP contribution >= 0.6 is 0 Å². The number of nitrogens with one attached hydrogen (secondary N) is 1. The third-order valence-electron chi connectivity index (χ3n) is 1.07. The number of hydrogen-bond acceptors (Lipinski definition) is 4. The first-order chi connectivity index (χ1) is 4.56. The van der Waals surface area contributed by atoms with Crippen molar-refractivity contribution in [2.24, 2.45) is 0 Å². The Balaban J connectivity index is 0. The monoisotopic (exact) mass is 189 g/mol. The van der Waals surface area contributed by atoms with Gasteiger partial charge in [-0.15, -0.1) is 0 Å². The molecule has 0 heterocycles. The molecule has 0 aromatic rings. The summed E-state index contributed by atoms with van der Waals surface area (Å²) in [5.74, 6) is -0.241. The molecule has 0 unspecified atom stereocenters. The molecule has 0 bridgehead atoms. The van der Waals surface area contributed by atoms with Gasteiger partial charge in [-0.2, -0.15) is 0 Å². The van der Waals surface area contributed by atoms with E-state index in [0.717, 1.165) is 13.0 Å². The van der Waals surface area contributed by atoms with Crippen LogP contribution in [0.5, 0.6) is 0 Å². The molecule has 0 saturated carbocycles. The average molecular weight is 189 g/mol. The minimum absolute atomic E-state index is 0. The SMILES string of the molecule is CNCCCCS(=O)(=O)[O-].[Na+]. The van der Waals surface area contributed by atoms with Gasteiger partial charge < -0.3 is 9.87 Å². The fourth-order valence-corrected chi connectivity index (χ4v) is 1.14. The summed E-state index contributed by atoms with van der Waals surface area (Å²) in [5, 5.41) is 2.86. The molecule has 0 fully saturated rings. The predicted octanol–water partition coefficient (Wildman–Crippen LogP) is -3.46. The third kappa shape index (κ3) is 13.8. The van der Waals surface area contributed by atoms with Crippen molar-refractivity contribution >= 4 is 10.1 Å². The minimum Gasteiger partial charge on any atom is -0.748 e. The Labute approximate surface area is 89.8 Å². The first kappa shape index (κ1) is 14.4. The van der Waals surface area contributed by atoms with Crippen LogP contribution in [0.3, 0.4) is 0 Å². The number of rotatable bonds is 5. The van der Waals surface area contributed by atoms with E-state index in [1.807, 2.05) is 0 Å². The Hall–Kier alpha value is 0.870.